The Hall–Kier alpha value is -4.50. The molecule has 1 aliphatic heterocycles. The van der Waals surface area contributed by atoms with Crippen molar-refractivity contribution in [3.8, 4) is 17.2 Å². The fraction of sp³-hybridized carbons (Fsp3) is 0.200. The van der Waals surface area contributed by atoms with Gasteiger partial charge in [0, 0.05) is 31.6 Å². The first-order valence-corrected chi connectivity index (χ1v) is 13.0. The Morgan fingerprint density at radius 1 is 1.18 bits per heavy atom. The molecule has 6 rings (SSSR count). The number of aliphatic hydroxyl groups is 1. The summed E-state index contributed by atoms with van der Waals surface area (Å²) in [7, 11) is 0. The minimum absolute atomic E-state index is 0. The van der Waals surface area contributed by atoms with Crippen LogP contribution in [0.15, 0.2) is 78.2 Å². The fourth-order valence-corrected chi connectivity index (χ4v) is 5.96. The van der Waals surface area contributed by atoms with Crippen molar-refractivity contribution in [2.75, 3.05) is 13.1 Å². The molecule has 3 aromatic heterocycles. The standard InChI is InChI=1S/C29H24N4O4S.CH4/c1-3-24(35)32-15-18(16-32)14-23(34)27-26-25-22(11-12-30-28(25)38-27)33(29(36)31-26)21-10-9-20(13-17(21)2)37-19-7-5-4-6-8-19;/h3-13,18,34H,1,14-16H2,2H3;1H4. The van der Waals surface area contributed by atoms with Gasteiger partial charge in [-0.1, -0.05) is 32.2 Å². The number of pyridine rings is 1. The summed E-state index contributed by atoms with van der Waals surface area (Å²) >= 11 is 1.32. The Kier molecular flexibility index (Phi) is 6.93. The first kappa shape index (κ1) is 26.1. The number of nitrogens with zero attached hydrogens (tertiary/aromatic N) is 4. The van der Waals surface area contributed by atoms with Gasteiger partial charge in [0.25, 0.3) is 0 Å². The van der Waals surface area contributed by atoms with Crippen molar-refractivity contribution in [2.24, 2.45) is 5.92 Å². The highest BCUT2D eigenvalue weighted by atomic mass is 32.1. The van der Waals surface area contributed by atoms with Gasteiger partial charge in [0.15, 0.2) is 0 Å². The number of hydrogen-bond donors (Lipinski definition) is 1. The summed E-state index contributed by atoms with van der Waals surface area (Å²) < 4.78 is 8.08. The average molecular weight is 541 g/mol. The Morgan fingerprint density at radius 2 is 1.95 bits per heavy atom. The summed E-state index contributed by atoms with van der Waals surface area (Å²) in [5.74, 6) is 1.59. The van der Waals surface area contributed by atoms with Crippen LogP contribution in [0.3, 0.4) is 0 Å². The number of ether oxygens (including phenoxy) is 1. The first-order valence-electron chi connectivity index (χ1n) is 12.2. The van der Waals surface area contributed by atoms with Crippen molar-refractivity contribution in [3.63, 3.8) is 0 Å². The van der Waals surface area contributed by atoms with E-state index in [-0.39, 0.29) is 25.0 Å². The van der Waals surface area contributed by atoms with Crippen LogP contribution in [0.4, 0.5) is 0 Å². The van der Waals surface area contributed by atoms with Gasteiger partial charge in [-0.2, -0.15) is 4.98 Å². The molecule has 8 nitrogen and oxygen atoms in total. The second-order valence-electron chi connectivity index (χ2n) is 9.35. The van der Waals surface area contributed by atoms with Crippen LogP contribution in [-0.4, -0.2) is 43.5 Å². The summed E-state index contributed by atoms with van der Waals surface area (Å²) in [6, 6.07) is 16.9. The lowest BCUT2D eigenvalue weighted by atomic mass is 9.95. The molecule has 0 radical (unpaired) electrons. The van der Waals surface area contributed by atoms with Crippen LogP contribution in [0, 0.1) is 12.8 Å². The lowest BCUT2D eigenvalue weighted by molar-refractivity contribution is -0.132. The van der Waals surface area contributed by atoms with E-state index in [1.54, 1.807) is 21.7 Å². The van der Waals surface area contributed by atoms with Crippen molar-refractivity contribution in [1.82, 2.24) is 19.4 Å². The minimum Gasteiger partial charge on any atom is -0.511 e. The van der Waals surface area contributed by atoms with Crippen molar-refractivity contribution in [1.29, 1.82) is 0 Å². The number of carbonyl (C=O) groups excluding carboxylic acids is 1. The van der Waals surface area contributed by atoms with E-state index in [0.717, 1.165) is 16.7 Å². The molecule has 0 unspecified atom stereocenters. The molecule has 198 valence electrons. The summed E-state index contributed by atoms with van der Waals surface area (Å²) in [6.07, 6.45) is 3.35. The predicted molar refractivity (Wildman–Crippen MR) is 155 cm³/mol. The maximum absolute atomic E-state index is 13.4. The molecule has 0 saturated carbocycles. The van der Waals surface area contributed by atoms with Gasteiger partial charge in [-0.3, -0.25) is 9.36 Å². The number of aliphatic hydroxyl groups excluding tert-OH is 1. The summed E-state index contributed by atoms with van der Waals surface area (Å²) in [5.41, 5.74) is 2.23. The first-order chi connectivity index (χ1) is 18.4. The Bertz CT molecular complexity index is 1820. The van der Waals surface area contributed by atoms with E-state index < -0.39 is 5.69 Å². The number of aryl methyl sites for hydroxylation is 1. The van der Waals surface area contributed by atoms with E-state index in [0.29, 0.717) is 51.3 Å². The zero-order chi connectivity index (χ0) is 26.4. The number of benzene rings is 2. The van der Waals surface area contributed by atoms with Crippen molar-refractivity contribution < 1.29 is 14.6 Å². The monoisotopic (exact) mass is 540 g/mol. The molecular weight excluding hydrogens is 512 g/mol. The van der Waals surface area contributed by atoms with E-state index >= 15 is 0 Å². The van der Waals surface area contributed by atoms with Gasteiger partial charge in [-0.25, -0.2) is 9.78 Å². The number of para-hydroxylation sites is 1. The largest absolute Gasteiger partial charge is 0.511 e. The number of rotatable bonds is 6. The van der Waals surface area contributed by atoms with Gasteiger partial charge in [0.1, 0.15) is 27.6 Å². The summed E-state index contributed by atoms with van der Waals surface area (Å²) in [4.78, 5) is 36.4. The molecule has 5 aromatic rings. The van der Waals surface area contributed by atoms with Crippen LogP contribution >= 0.6 is 11.3 Å². The summed E-state index contributed by atoms with van der Waals surface area (Å²) in [6.45, 7) is 6.56. The van der Waals surface area contributed by atoms with Gasteiger partial charge in [0.05, 0.1) is 21.1 Å². The van der Waals surface area contributed by atoms with Gasteiger partial charge < -0.3 is 14.7 Å². The quantitative estimate of drug-likeness (QED) is 0.299. The average Bonchev–Trinajstić information content (AvgIpc) is 3.26. The van der Waals surface area contributed by atoms with Crippen LogP contribution in [0.5, 0.6) is 11.5 Å². The fourth-order valence-electron chi connectivity index (χ4n) is 4.90. The molecule has 1 fully saturated rings. The molecule has 9 heteroatoms. The third-order valence-corrected chi connectivity index (χ3v) is 7.90. The van der Waals surface area contributed by atoms with Crippen LogP contribution in [0.25, 0.3) is 32.7 Å². The lowest BCUT2D eigenvalue weighted by Crippen LogP contribution is -2.49. The smallest absolute Gasteiger partial charge is 0.353 e. The van der Waals surface area contributed by atoms with E-state index in [9.17, 15) is 14.7 Å². The van der Waals surface area contributed by atoms with E-state index in [1.165, 1.54) is 17.4 Å². The number of hydrogen-bond acceptors (Lipinski definition) is 7. The van der Waals surface area contributed by atoms with E-state index in [4.69, 9.17) is 4.74 Å². The number of amides is 1. The molecule has 0 spiro atoms. The highest BCUT2D eigenvalue weighted by molar-refractivity contribution is 7.17. The van der Waals surface area contributed by atoms with Gasteiger partial charge in [0.2, 0.25) is 5.91 Å². The lowest BCUT2D eigenvalue weighted by Gasteiger charge is -2.38. The normalized spacial score (nSPS) is 14.1. The summed E-state index contributed by atoms with van der Waals surface area (Å²) in [5, 5.41) is 11.7. The highest BCUT2D eigenvalue weighted by Crippen LogP contribution is 2.30. The van der Waals surface area contributed by atoms with E-state index in [1.807, 2.05) is 55.5 Å². The molecule has 1 saturated heterocycles. The van der Waals surface area contributed by atoms with Crippen molar-refractivity contribution in [2.45, 2.75) is 20.8 Å². The second kappa shape index (κ2) is 10.3. The topological polar surface area (TPSA) is 97.6 Å². The molecule has 1 aliphatic rings. The van der Waals surface area contributed by atoms with Crippen LogP contribution in [0.1, 0.15) is 19.4 Å². The number of likely N-dealkylation sites (tertiary alicyclic amines) is 1. The van der Waals surface area contributed by atoms with Gasteiger partial charge >= 0.3 is 5.69 Å². The second-order valence-corrected chi connectivity index (χ2v) is 10.3. The molecule has 0 bridgehead atoms. The molecule has 39 heavy (non-hydrogen) atoms. The van der Waals surface area contributed by atoms with Crippen LogP contribution < -0.4 is 15.0 Å². The molecule has 1 N–H and O–H groups in total. The Balaban J connectivity index is 0.00000308. The highest BCUT2D eigenvalue weighted by Gasteiger charge is 2.30. The molecule has 2 aromatic carbocycles. The van der Waals surface area contributed by atoms with E-state index in [2.05, 4.69) is 16.5 Å². The van der Waals surface area contributed by atoms with Crippen LogP contribution in [-0.2, 0) is 4.79 Å². The predicted octanol–water partition coefficient (Wildman–Crippen LogP) is 5.15. The molecule has 4 heterocycles. The van der Waals surface area contributed by atoms with Gasteiger partial charge in [-0.05, 0) is 55.0 Å². The zero-order valence-electron chi connectivity index (χ0n) is 20.6. The minimum atomic E-state index is -0.441. The third-order valence-electron chi connectivity index (χ3n) is 6.76. The van der Waals surface area contributed by atoms with Crippen molar-refractivity contribution in [3.05, 3.63) is 94.0 Å². The number of aromatic nitrogens is 3. The molecule has 0 atom stereocenters. The molecule has 1 amide bonds. The Morgan fingerprint density at radius 3 is 2.67 bits per heavy atom. The Labute approximate surface area is 229 Å². The van der Waals surface area contributed by atoms with Gasteiger partial charge in [-0.15, -0.1) is 11.3 Å². The number of thiophene rings is 1. The molecular formula is C30H28N4O4S. The zero-order valence-corrected chi connectivity index (χ0v) is 21.4. The third kappa shape index (κ3) is 4.66. The maximum atomic E-state index is 13.4. The SMILES string of the molecule is C.C=CC(=O)N1CC(CC(O)=c2sc3nccc4c3c2nc(=O)n4-c2ccc(Oc3ccccc3)cc2C)C1. The maximum Gasteiger partial charge on any atom is 0.353 e. The molecule has 0 aliphatic carbocycles. The van der Waals surface area contributed by atoms with Crippen molar-refractivity contribution >= 4 is 44.3 Å². The van der Waals surface area contributed by atoms with Crippen LogP contribution in [0.2, 0.25) is 0 Å². The number of carbonyl (C=O) groups is 1.